The first-order valence-electron chi connectivity index (χ1n) is 5.83. The second-order valence-corrected chi connectivity index (χ2v) is 4.66. The van der Waals surface area contributed by atoms with Crippen molar-refractivity contribution in [1.82, 2.24) is 4.98 Å². The van der Waals surface area contributed by atoms with Gasteiger partial charge in [-0.25, -0.2) is 4.98 Å². The Morgan fingerprint density at radius 1 is 1.58 bits per heavy atom. The third-order valence-corrected chi connectivity index (χ3v) is 3.06. The summed E-state index contributed by atoms with van der Waals surface area (Å²) in [6.45, 7) is 0. The van der Waals surface area contributed by atoms with Gasteiger partial charge in [-0.05, 0) is 24.8 Å². The Balaban J connectivity index is 2.08. The summed E-state index contributed by atoms with van der Waals surface area (Å²) in [6.07, 6.45) is 6.20. The molecule has 0 fully saturated rings. The van der Waals surface area contributed by atoms with Gasteiger partial charge in [0, 0.05) is 12.5 Å². The average Bonchev–Trinajstić information content (AvgIpc) is 2.81. The highest BCUT2D eigenvalue weighted by Gasteiger charge is 2.20. The van der Waals surface area contributed by atoms with E-state index in [1.807, 2.05) is 12.2 Å². The fourth-order valence-corrected chi connectivity index (χ4v) is 2.10. The monoisotopic (exact) mass is 281 g/mol. The maximum Gasteiger partial charge on any atom is 0.311 e. The van der Waals surface area contributed by atoms with E-state index < -0.39 is 4.92 Å². The molecular formula is C12H12ClN3O3. The Hall–Kier alpha value is -1.95. The minimum Gasteiger partial charge on any atom is -0.305 e. The molecule has 0 aromatic carbocycles. The van der Waals surface area contributed by atoms with Crippen LogP contribution in [0.25, 0.3) is 0 Å². The van der Waals surface area contributed by atoms with Gasteiger partial charge in [-0.1, -0.05) is 23.8 Å². The van der Waals surface area contributed by atoms with Gasteiger partial charge in [0.05, 0.1) is 4.92 Å². The molecule has 0 bridgehead atoms. The summed E-state index contributed by atoms with van der Waals surface area (Å²) < 4.78 is 0. The standard InChI is InChI=1S/C12H12ClN3O3/c13-10-6-5-9(16(18)19)12(14-10)15-11(17)7-8-3-1-2-4-8/h1,3,5-6,8H,2,4,7H2,(H,14,15,17). The van der Waals surface area contributed by atoms with Crippen LogP contribution in [-0.2, 0) is 4.79 Å². The van der Waals surface area contributed by atoms with E-state index in [0.29, 0.717) is 6.42 Å². The molecule has 2 rings (SSSR count). The van der Waals surface area contributed by atoms with Crippen LogP contribution >= 0.6 is 11.6 Å². The van der Waals surface area contributed by atoms with Gasteiger partial charge in [-0.2, -0.15) is 0 Å². The van der Waals surface area contributed by atoms with Crippen molar-refractivity contribution in [2.24, 2.45) is 5.92 Å². The van der Waals surface area contributed by atoms with Crippen molar-refractivity contribution in [3.8, 4) is 0 Å². The maximum absolute atomic E-state index is 11.8. The second-order valence-electron chi connectivity index (χ2n) is 4.28. The Bertz CT molecular complexity index is 545. The molecule has 0 saturated carbocycles. The Morgan fingerprint density at radius 2 is 2.37 bits per heavy atom. The molecule has 19 heavy (non-hydrogen) atoms. The highest BCUT2D eigenvalue weighted by molar-refractivity contribution is 6.29. The number of nitrogens with one attached hydrogen (secondary N) is 1. The summed E-state index contributed by atoms with van der Waals surface area (Å²) in [6, 6.07) is 2.54. The Morgan fingerprint density at radius 3 is 3.00 bits per heavy atom. The molecule has 1 heterocycles. The van der Waals surface area contributed by atoms with Crippen LogP contribution in [0.3, 0.4) is 0 Å². The van der Waals surface area contributed by atoms with E-state index in [0.717, 1.165) is 12.8 Å². The Labute approximate surface area is 114 Å². The molecule has 1 amide bonds. The number of hydrogen-bond donors (Lipinski definition) is 1. The molecule has 0 saturated heterocycles. The van der Waals surface area contributed by atoms with Gasteiger partial charge in [-0.3, -0.25) is 14.9 Å². The predicted octanol–water partition coefficient (Wildman–Crippen LogP) is 2.94. The number of allylic oxidation sites excluding steroid dienone is 2. The molecule has 7 heteroatoms. The SMILES string of the molecule is O=C(CC1C=CCC1)Nc1nc(Cl)ccc1[N+](=O)[O-]. The number of amides is 1. The molecule has 0 radical (unpaired) electrons. The van der Waals surface area contributed by atoms with Crippen LogP contribution in [0.1, 0.15) is 19.3 Å². The van der Waals surface area contributed by atoms with Crippen molar-refractivity contribution in [3.05, 3.63) is 39.6 Å². The number of nitrogens with zero attached hydrogens (tertiary/aromatic N) is 2. The zero-order valence-corrected chi connectivity index (χ0v) is 10.8. The smallest absolute Gasteiger partial charge is 0.305 e. The lowest BCUT2D eigenvalue weighted by atomic mass is 10.1. The number of anilines is 1. The topological polar surface area (TPSA) is 85.1 Å². The summed E-state index contributed by atoms with van der Waals surface area (Å²) in [5.74, 6) is -0.211. The van der Waals surface area contributed by atoms with E-state index in [2.05, 4.69) is 10.3 Å². The van der Waals surface area contributed by atoms with E-state index in [1.54, 1.807) is 0 Å². The fourth-order valence-electron chi connectivity index (χ4n) is 1.95. The molecule has 1 unspecified atom stereocenters. The number of rotatable bonds is 4. The molecule has 1 atom stereocenters. The number of hydrogen-bond acceptors (Lipinski definition) is 4. The highest BCUT2D eigenvalue weighted by Crippen LogP contribution is 2.25. The first kappa shape index (κ1) is 13.5. The molecular weight excluding hydrogens is 270 g/mol. The Kier molecular flexibility index (Phi) is 4.11. The van der Waals surface area contributed by atoms with E-state index in [4.69, 9.17) is 11.6 Å². The minimum atomic E-state index is -0.603. The van der Waals surface area contributed by atoms with Gasteiger partial charge in [0.15, 0.2) is 0 Å². The first-order valence-corrected chi connectivity index (χ1v) is 6.21. The van der Waals surface area contributed by atoms with Gasteiger partial charge in [0.2, 0.25) is 11.7 Å². The van der Waals surface area contributed by atoms with Crippen molar-refractivity contribution in [3.63, 3.8) is 0 Å². The quantitative estimate of drug-likeness (QED) is 0.398. The highest BCUT2D eigenvalue weighted by atomic mass is 35.5. The fraction of sp³-hybridized carbons (Fsp3) is 0.333. The van der Waals surface area contributed by atoms with E-state index in [-0.39, 0.29) is 28.5 Å². The molecule has 0 spiro atoms. The van der Waals surface area contributed by atoms with Crippen LogP contribution in [0.4, 0.5) is 11.5 Å². The number of pyridine rings is 1. The lowest BCUT2D eigenvalue weighted by Crippen LogP contribution is -2.16. The molecule has 0 aliphatic heterocycles. The number of halogens is 1. The summed E-state index contributed by atoms with van der Waals surface area (Å²) in [7, 11) is 0. The molecule has 1 aliphatic rings. The van der Waals surface area contributed by atoms with Crippen molar-refractivity contribution in [2.75, 3.05) is 5.32 Å². The van der Waals surface area contributed by atoms with Crippen molar-refractivity contribution < 1.29 is 9.72 Å². The predicted molar refractivity (Wildman–Crippen MR) is 71.0 cm³/mol. The van der Waals surface area contributed by atoms with Crippen molar-refractivity contribution in [2.45, 2.75) is 19.3 Å². The lowest BCUT2D eigenvalue weighted by molar-refractivity contribution is -0.384. The van der Waals surface area contributed by atoms with Crippen molar-refractivity contribution >= 4 is 29.0 Å². The largest absolute Gasteiger partial charge is 0.311 e. The van der Waals surface area contributed by atoms with E-state index in [9.17, 15) is 14.9 Å². The normalized spacial score (nSPS) is 17.4. The summed E-state index contributed by atoms with van der Waals surface area (Å²) in [5.41, 5.74) is -0.264. The third kappa shape index (κ3) is 3.51. The first-order chi connectivity index (χ1) is 9.06. The molecule has 1 N–H and O–H groups in total. The summed E-state index contributed by atoms with van der Waals surface area (Å²) >= 11 is 5.68. The number of carbonyl (C=O) groups excluding carboxylic acids is 1. The van der Waals surface area contributed by atoms with E-state index >= 15 is 0 Å². The number of aromatic nitrogens is 1. The minimum absolute atomic E-state index is 0.0988. The molecule has 100 valence electrons. The number of carbonyl (C=O) groups is 1. The van der Waals surface area contributed by atoms with Crippen LogP contribution in [0.5, 0.6) is 0 Å². The summed E-state index contributed by atoms with van der Waals surface area (Å²) in [5, 5.41) is 13.4. The molecule has 1 aromatic rings. The zero-order valence-electron chi connectivity index (χ0n) is 10.0. The van der Waals surface area contributed by atoms with Crippen LogP contribution in [0.15, 0.2) is 24.3 Å². The van der Waals surface area contributed by atoms with Gasteiger partial charge in [-0.15, -0.1) is 0 Å². The van der Waals surface area contributed by atoms with Crippen LogP contribution in [-0.4, -0.2) is 15.8 Å². The summed E-state index contributed by atoms with van der Waals surface area (Å²) in [4.78, 5) is 25.8. The van der Waals surface area contributed by atoms with Gasteiger partial charge in [0.25, 0.3) is 0 Å². The van der Waals surface area contributed by atoms with Crippen LogP contribution in [0, 0.1) is 16.0 Å². The van der Waals surface area contributed by atoms with Crippen LogP contribution in [0.2, 0.25) is 5.15 Å². The second kappa shape index (κ2) is 5.79. The maximum atomic E-state index is 11.8. The van der Waals surface area contributed by atoms with Gasteiger partial charge in [0.1, 0.15) is 5.15 Å². The third-order valence-electron chi connectivity index (χ3n) is 2.85. The molecule has 1 aromatic heterocycles. The number of nitro groups is 1. The van der Waals surface area contributed by atoms with E-state index in [1.165, 1.54) is 12.1 Å². The van der Waals surface area contributed by atoms with Gasteiger partial charge < -0.3 is 5.32 Å². The zero-order chi connectivity index (χ0) is 13.8. The average molecular weight is 282 g/mol. The van der Waals surface area contributed by atoms with Crippen molar-refractivity contribution in [1.29, 1.82) is 0 Å². The molecule has 6 nitrogen and oxygen atoms in total. The van der Waals surface area contributed by atoms with Gasteiger partial charge >= 0.3 is 5.69 Å². The molecule has 1 aliphatic carbocycles. The lowest BCUT2D eigenvalue weighted by Gasteiger charge is -2.08. The van der Waals surface area contributed by atoms with Crippen LogP contribution < -0.4 is 5.32 Å².